The second-order valence-corrected chi connectivity index (χ2v) is 8.63. The third-order valence-electron chi connectivity index (χ3n) is 4.94. The zero-order valence-electron chi connectivity index (χ0n) is 16.1. The monoisotopic (exact) mass is 428 g/mol. The van der Waals surface area contributed by atoms with Crippen LogP contribution in [0, 0.1) is 0 Å². The highest BCUT2D eigenvalue weighted by Crippen LogP contribution is 2.37. The van der Waals surface area contributed by atoms with Crippen LogP contribution in [0.25, 0.3) is 10.8 Å². The Hall–Kier alpha value is -4.04. The number of carbonyl (C=O) groups excluding carboxylic acids is 1. The fraction of sp³-hybridized carbons (Fsp3) is 0. The second kappa shape index (κ2) is 7.33. The second-order valence-electron chi connectivity index (χ2n) is 6.98. The third-order valence-corrected chi connectivity index (χ3v) is 6.38. The van der Waals surface area contributed by atoms with Crippen LogP contribution in [0.4, 0.5) is 22.7 Å². The first kappa shape index (κ1) is 19.0. The van der Waals surface area contributed by atoms with Crippen molar-refractivity contribution in [2.24, 2.45) is 10.2 Å². The first-order chi connectivity index (χ1) is 15.0. The average Bonchev–Trinajstić information content (AvgIpc) is 3.11. The van der Waals surface area contributed by atoms with Crippen molar-refractivity contribution in [2.45, 2.75) is 4.90 Å². The lowest BCUT2D eigenvalue weighted by atomic mass is 10.1. The van der Waals surface area contributed by atoms with E-state index in [0.717, 1.165) is 5.69 Å². The molecule has 8 heteroatoms. The molecule has 0 saturated carbocycles. The predicted molar refractivity (Wildman–Crippen MR) is 120 cm³/mol. The van der Waals surface area contributed by atoms with Gasteiger partial charge in [0, 0.05) is 27.7 Å². The molecular formula is C23H16N4O3S. The Morgan fingerprint density at radius 3 is 2.19 bits per heavy atom. The quantitative estimate of drug-likeness (QED) is 0.403. The number of benzene rings is 4. The molecule has 0 bridgehead atoms. The van der Waals surface area contributed by atoms with Gasteiger partial charge < -0.3 is 5.32 Å². The van der Waals surface area contributed by atoms with Crippen molar-refractivity contribution in [1.29, 1.82) is 0 Å². The minimum absolute atomic E-state index is 0.109. The first-order valence-corrected chi connectivity index (χ1v) is 11.0. The van der Waals surface area contributed by atoms with Crippen LogP contribution in [0.15, 0.2) is 100 Å². The van der Waals surface area contributed by atoms with Gasteiger partial charge in [-0.05, 0) is 54.6 Å². The molecule has 4 aromatic rings. The van der Waals surface area contributed by atoms with Crippen molar-refractivity contribution in [3.63, 3.8) is 0 Å². The summed E-state index contributed by atoms with van der Waals surface area (Å²) in [4.78, 5) is 12.2. The molecule has 7 nitrogen and oxygen atoms in total. The molecule has 2 N–H and O–H groups in total. The third kappa shape index (κ3) is 3.53. The van der Waals surface area contributed by atoms with Gasteiger partial charge in [0.25, 0.3) is 15.9 Å². The number of hydrogen-bond acceptors (Lipinski definition) is 5. The average molecular weight is 428 g/mol. The zero-order chi connectivity index (χ0) is 21.4. The molecule has 0 aromatic heterocycles. The van der Waals surface area contributed by atoms with Crippen LogP contribution < -0.4 is 10.0 Å². The van der Waals surface area contributed by atoms with E-state index in [0.29, 0.717) is 33.4 Å². The SMILES string of the molecule is O=C1Nc2ccc(S(=O)(=O)Nc3ccc(N=Nc4ccccc4)cc3)c3cccc1c23. The summed E-state index contributed by atoms with van der Waals surface area (Å²) in [5.41, 5.74) is 2.81. The Labute approximate surface area is 178 Å². The van der Waals surface area contributed by atoms with Crippen LogP contribution in [0.2, 0.25) is 0 Å². The van der Waals surface area contributed by atoms with E-state index in [2.05, 4.69) is 20.3 Å². The normalized spacial score (nSPS) is 13.0. The van der Waals surface area contributed by atoms with E-state index < -0.39 is 10.0 Å². The topological polar surface area (TPSA) is 100.0 Å². The largest absolute Gasteiger partial charge is 0.321 e. The van der Waals surface area contributed by atoms with E-state index in [-0.39, 0.29) is 10.8 Å². The molecule has 1 amide bonds. The molecule has 1 aliphatic heterocycles. The van der Waals surface area contributed by atoms with Crippen LogP contribution in [0.1, 0.15) is 10.4 Å². The highest BCUT2D eigenvalue weighted by molar-refractivity contribution is 7.93. The van der Waals surface area contributed by atoms with Gasteiger partial charge in [0.1, 0.15) is 0 Å². The molecule has 31 heavy (non-hydrogen) atoms. The summed E-state index contributed by atoms with van der Waals surface area (Å²) in [7, 11) is -3.87. The first-order valence-electron chi connectivity index (χ1n) is 9.48. The molecule has 0 spiro atoms. The smallest absolute Gasteiger partial charge is 0.262 e. The maximum Gasteiger partial charge on any atom is 0.262 e. The van der Waals surface area contributed by atoms with E-state index in [4.69, 9.17) is 0 Å². The van der Waals surface area contributed by atoms with Gasteiger partial charge in [-0.2, -0.15) is 10.2 Å². The fourth-order valence-corrected chi connectivity index (χ4v) is 4.78. The van der Waals surface area contributed by atoms with Crippen molar-refractivity contribution in [3.05, 3.63) is 90.5 Å². The van der Waals surface area contributed by atoms with Crippen LogP contribution in [0.3, 0.4) is 0 Å². The van der Waals surface area contributed by atoms with Gasteiger partial charge in [-0.3, -0.25) is 9.52 Å². The summed E-state index contributed by atoms with van der Waals surface area (Å²) in [6, 6.07) is 24.1. The number of rotatable bonds is 5. The van der Waals surface area contributed by atoms with Crippen LogP contribution in [0.5, 0.6) is 0 Å². The number of azo groups is 1. The zero-order valence-corrected chi connectivity index (χ0v) is 16.9. The summed E-state index contributed by atoms with van der Waals surface area (Å²) in [6.45, 7) is 0. The maximum atomic E-state index is 13.1. The molecule has 1 aliphatic rings. The van der Waals surface area contributed by atoms with Gasteiger partial charge in [-0.1, -0.05) is 30.3 Å². The lowest BCUT2D eigenvalue weighted by Gasteiger charge is -2.11. The van der Waals surface area contributed by atoms with Crippen molar-refractivity contribution < 1.29 is 13.2 Å². The van der Waals surface area contributed by atoms with E-state index in [1.54, 1.807) is 48.5 Å². The number of anilines is 2. The summed E-state index contributed by atoms with van der Waals surface area (Å²) >= 11 is 0. The van der Waals surface area contributed by atoms with Gasteiger partial charge >= 0.3 is 0 Å². The van der Waals surface area contributed by atoms with E-state index in [1.807, 2.05) is 30.3 Å². The number of amides is 1. The van der Waals surface area contributed by atoms with Crippen molar-refractivity contribution in [2.75, 3.05) is 10.0 Å². The van der Waals surface area contributed by atoms with E-state index >= 15 is 0 Å². The number of carbonyl (C=O) groups is 1. The molecule has 152 valence electrons. The van der Waals surface area contributed by atoms with Gasteiger partial charge in [0.2, 0.25) is 0 Å². The van der Waals surface area contributed by atoms with Crippen molar-refractivity contribution >= 4 is 49.5 Å². The minimum Gasteiger partial charge on any atom is -0.321 e. The molecule has 5 rings (SSSR count). The van der Waals surface area contributed by atoms with Crippen LogP contribution >= 0.6 is 0 Å². The molecule has 0 unspecified atom stereocenters. The summed E-state index contributed by atoms with van der Waals surface area (Å²) < 4.78 is 28.7. The van der Waals surface area contributed by atoms with Crippen LogP contribution in [-0.2, 0) is 10.0 Å². The Kier molecular flexibility index (Phi) is 4.48. The number of nitrogens with one attached hydrogen (secondary N) is 2. The van der Waals surface area contributed by atoms with Crippen LogP contribution in [-0.4, -0.2) is 14.3 Å². The highest BCUT2D eigenvalue weighted by Gasteiger charge is 2.26. The predicted octanol–water partition coefficient (Wildman–Crippen LogP) is 5.62. The lowest BCUT2D eigenvalue weighted by Crippen LogP contribution is -2.13. The standard InChI is InChI=1S/C23H16N4O3S/c28-23-19-8-4-7-18-21(14-13-20(24-23)22(18)19)31(29,30)27-17-11-9-16(10-12-17)26-25-15-5-2-1-3-6-15/h1-14,27H,(H,24,28). The molecule has 0 atom stereocenters. The Balaban J connectivity index is 1.42. The fourth-order valence-electron chi connectivity index (χ4n) is 3.51. The molecule has 1 heterocycles. The summed E-state index contributed by atoms with van der Waals surface area (Å²) in [5.74, 6) is -0.233. The van der Waals surface area contributed by atoms with Gasteiger partial charge in [0.05, 0.1) is 16.3 Å². The molecule has 0 saturated heterocycles. The lowest BCUT2D eigenvalue weighted by molar-refractivity contribution is 0.103. The molecule has 4 aromatic carbocycles. The molecular weight excluding hydrogens is 412 g/mol. The molecule has 0 aliphatic carbocycles. The van der Waals surface area contributed by atoms with Gasteiger partial charge in [0.15, 0.2) is 0 Å². The maximum absolute atomic E-state index is 13.1. The van der Waals surface area contributed by atoms with Gasteiger partial charge in [-0.25, -0.2) is 8.42 Å². The number of hydrogen-bond donors (Lipinski definition) is 2. The summed E-state index contributed by atoms with van der Waals surface area (Å²) in [6.07, 6.45) is 0. The Bertz CT molecular complexity index is 1450. The number of nitrogens with zero attached hydrogens (tertiary/aromatic N) is 2. The Morgan fingerprint density at radius 2 is 1.45 bits per heavy atom. The van der Waals surface area contributed by atoms with E-state index in [9.17, 15) is 13.2 Å². The van der Waals surface area contributed by atoms with Gasteiger partial charge in [-0.15, -0.1) is 0 Å². The van der Waals surface area contributed by atoms with E-state index in [1.165, 1.54) is 6.07 Å². The minimum atomic E-state index is -3.87. The van der Waals surface area contributed by atoms with Crippen molar-refractivity contribution in [1.82, 2.24) is 0 Å². The Morgan fingerprint density at radius 1 is 0.742 bits per heavy atom. The summed E-state index contributed by atoms with van der Waals surface area (Å²) in [5, 5.41) is 12.2. The number of sulfonamides is 1. The highest BCUT2D eigenvalue weighted by atomic mass is 32.2. The van der Waals surface area contributed by atoms with Crippen molar-refractivity contribution in [3.8, 4) is 0 Å². The molecule has 0 fully saturated rings. The molecule has 0 radical (unpaired) electrons.